The van der Waals surface area contributed by atoms with Crippen molar-refractivity contribution in [3.63, 3.8) is 0 Å². The van der Waals surface area contributed by atoms with Crippen molar-refractivity contribution in [2.45, 2.75) is 0 Å². The van der Waals surface area contributed by atoms with Gasteiger partial charge in [-0.15, -0.1) is 0 Å². The van der Waals surface area contributed by atoms with Gasteiger partial charge in [-0.1, -0.05) is 22.8 Å². The van der Waals surface area contributed by atoms with Gasteiger partial charge in [0, 0.05) is 16.6 Å². The Hall–Kier alpha value is -3.19. The minimum absolute atomic E-state index is 0.101. The SMILES string of the molecule is O=c1[nH]c2ccc(Cl)cc2c(O)c1-c1nc(-c2ccccn2)no1. The minimum atomic E-state index is -0.543. The van der Waals surface area contributed by atoms with Crippen molar-refractivity contribution in [1.29, 1.82) is 0 Å². The van der Waals surface area contributed by atoms with E-state index in [0.29, 0.717) is 21.6 Å². The molecule has 1 aromatic carbocycles. The topological polar surface area (TPSA) is 105 Å². The summed E-state index contributed by atoms with van der Waals surface area (Å²) in [6, 6.07) is 10.0. The van der Waals surface area contributed by atoms with Gasteiger partial charge in [0.25, 0.3) is 11.4 Å². The molecule has 0 aliphatic heterocycles. The van der Waals surface area contributed by atoms with Crippen LogP contribution in [-0.4, -0.2) is 25.2 Å². The third kappa shape index (κ3) is 2.31. The summed E-state index contributed by atoms with van der Waals surface area (Å²) in [5.74, 6) is -0.153. The molecule has 0 saturated heterocycles. The van der Waals surface area contributed by atoms with Gasteiger partial charge in [0.05, 0.1) is 5.52 Å². The molecule has 0 spiro atoms. The first-order valence-electron chi connectivity index (χ1n) is 6.93. The van der Waals surface area contributed by atoms with Crippen molar-refractivity contribution in [2.24, 2.45) is 0 Å². The van der Waals surface area contributed by atoms with Crippen molar-refractivity contribution in [3.8, 4) is 28.7 Å². The summed E-state index contributed by atoms with van der Waals surface area (Å²) < 4.78 is 5.13. The van der Waals surface area contributed by atoms with Gasteiger partial charge in [-0.25, -0.2) is 0 Å². The molecule has 8 heteroatoms. The van der Waals surface area contributed by atoms with Crippen molar-refractivity contribution < 1.29 is 9.63 Å². The smallest absolute Gasteiger partial charge is 0.267 e. The molecule has 118 valence electrons. The lowest BCUT2D eigenvalue weighted by molar-refractivity contribution is 0.425. The molecule has 0 fully saturated rings. The van der Waals surface area contributed by atoms with Crippen LogP contribution in [0, 0.1) is 0 Å². The van der Waals surface area contributed by atoms with Crippen LogP contribution in [0.3, 0.4) is 0 Å². The molecule has 24 heavy (non-hydrogen) atoms. The number of benzene rings is 1. The van der Waals surface area contributed by atoms with Gasteiger partial charge in [0.2, 0.25) is 5.82 Å². The number of fused-ring (bicyclic) bond motifs is 1. The van der Waals surface area contributed by atoms with Crippen LogP contribution in [0.5, 0.6) is 5.75 Å². The van der Waals surface area contributed by atoms with E-state index in [0.717, 1.165) is 0 Å². The summed E-state index contributed by atoms with van der Waals surface area (Å²) in [5, 5.41) is 15.1. The fraction of sp³-hybridized carbons (Fsp3) is 0. The maximum atomic E-state index is 12.3. The number of aromatic amines is 1. The summed E-state index contributed by atoms with van der Waals surface area (Å²) in [4.78, 5) is 23.2. The number of hydrogen-bond donors (Lipinski definition) is 2. The number of aromatic nitrogens is 4. The number of nitrogens with zero attached hydrogens (tertiary/aromatic N) is 3. The zero-order valence-electron chi connectivity index (χ0n) is 12.0. The number of hydrogen-bond acceptors (Lipinski definition) is 6. The van der Waals surface area contributed by atoms with Crippen LogP contribution in [0.1, 0.15) is 0 Å². The maximum Gasteiger partial charge on any atom is 0.267 e. The molecular weight excluding hydrogens is 332 g/mol. The van der Waals surface area contributed by atoms with E-state index in [1.165, 1.54) is 0 Å². The number of H-pyrrole nitrogens is 1. The zero-order chi connectivity index (χ0) is 16.7. The predicted octanol–water partition coefficient (Wildman–Crippen LogP) is 3.00. The average Bonchev–Trinajstić information content (AvgIpc) is 3.06. The molecule has 0 atom stereocenters. The van der Waals surface area contributed by atoms with E-state index < -0.39 is 5.56 Å². The maximum absolute atomic E-state index is 12.3. The molecule has 2 N–H and O–H groups in total. The zero-order valence-corrected chi connectivity index (χ0v) is 12.8. The molecule has 4 rings (SSSR count). The quantitative estimate of drug-likeness (QED) is 0.581. The largest absolute Gasteiger partial charge is 0.506 e. The second-order valence-corrected chi connectivity index (χ2v) is 5.44. The van der Waals surface area contributed by atoms with E-state index in [1.54, 1.807) is 42.6 Å². The van der Waals surface area contributed by atoms with Gasteiger partial charge in [0.1, 0.15) is 17.0 Å². The second-order valence-electron chi connectivity index (χ2n) is 5.01. The summed E-state index contributed by atoms with van der Waals surface area (Å²) >= 11 is 5.95. The normalized spacial score (nSPS) is 11.0. The lowest BCUT2D eigenvalue weighted by atomic mass is 10.1. The fourth-order valence-corrected chi connectivity index (χ4v) is 2.54. The summed E-state index contributed by atoms with van der Waals surface area (Å²) in [6.45, 7) is 0. The molecule has 0 aliphatic rings. The summed E-state index contributed by atoms with van der Waals surface area (Å²) in [6.07, 6.45) is 1.59. The highest BCUT2D eigenvalue weighted by Crippen LogP contribution is 2.33. The fourth-order valence-electron chi connectivity index (χ4n) is 2.37. The Morgan fingerprint density at radius 2 is 2.08 bits per heavy atom. The highest BCUT2D eigenvalue weighted by molar-refractivity contribution is 6.31. The molecule has 0 radical (unpaired) electrons. The third-order valence-corrected chi connectivity index (χ3v) is 3.72. The number of nitrogens with one attached hydrogen (secondary N) is 1. The third-order valence-electron chi connectivity index (χ3n) is 3.48. The van der Waals surface area contributed by atoms with E-state index in [4.69, 9.17) is 16.1 Å². The molecule has 3 heterocycles. The van der Waals surface area contributed by atoms with Crippen molar-refractivity contribution in [3.05, 3.63) is 58.0 Å². The molecule has 0 amide bonds. The molecule has 0 aliphatic carbocycles. The molecule has 7 nitrogen and oxygen atoms in total. The second kappa shape index (κ2) is 5.47. The van der Waals surface area contributed by atoms with Crippen LogP contribution < -0.4 is 5.56 Å². The van der Waals surface area contributed by atoms with Gasteiger partial charge in [-0.2, -0.15) is 4.98 Å². The Labute approximate surface area is 139 Å². The number of pyridine rings is 2. The van der Waals surface area contributed by atoms with Gasteiger partial charge < -0.3 is 14.6 Å². The first-order chi connectivity index (χ1) is 11.6. The van der Waals surface area contributed by atoms with Crippen molar-refractivity contribution in [2.75, 3.05) is 0 Å². The van der Waals surface area contributed by atoms with Crippen LogP contribution in [0.15, 0.2) is 51.9 Å². The van der Waals surface area contributed by atoms with Crippen LogP contribution in [0.2, 0.25) is 5.02 Å². The van der Waals surface area contributed by atoms with Crippen molar-refractivity contribution in [1.82, 2.24) is 20.1 Å². The number of halogens is 1. The Bertz CT molecular complexity index is 1110. The number of rotatable bonds is 2. The summed E-state index contributed by atoms with van der Waals surface area (Å²) in [5.41, 5.74) is 0.292. The van der Waals surface area contributed by atoms with Crippen LogP contribution >= 0.6 is 11.6 Å². The van der Waals surface area contributed by atoms with Gasteiger partial charge in [0.15, 0.2) is 0 Å². The van der Waals surface area contributed by atoms with Gasteiger partial charge in [-0.05, 0) is 30.3 Å². The molecule has 3 aromatic heterocycles. The molecule has 4 aromatic rings. The first-order valence-corrected chi connectivity index (χ1v) is 7.31. The van der Waals surface area contributed by atoms with E-state index in [2.05, 4.69) is 20.1 Å². The lowest BCUT2D eigenvalue weighted by Gasteiger charge is -2.04. The van der Waals surface area contributed by atoms with Crippen molar-refractivity contribution >= 4 is 22.5 Å². The van der Waals surface area contributed by atoms with E-state index >= 15 is 0 Å². The van der Waals surface area contributed by atoms with Gasteiger partial charge >= 0.3 is 0 Å². The van der Waals surface area contributed by atoms with Crippen LogP contribution in [0.25, 0.3) is 33.9 Å². The van der Waals surface area contributed by atoms with Crippen LogP contribution in [-0.2, 0) is 0 Å². The highest BCUT2D eigenvalue weighted by atomic mass is 35.5. The molecule has 0 unspecified atom stereocenters. The Morgan fingerprint density at radius 3 is 2.88 bits per heavy atom. The Kier molecular flexibility index (Phi) is 3.28. The molecule has 0 saturated carbocycles. The first kappa shape index (κ1) is 14.4. The molecule has 0 bridgehead atoms. The predicted molar refractivity (Wildman–Crippen MR) is 87.8 cm³/mol. The van der Waals surface area contributed by atoms with Crippen LogP contribution in [0.4, 0.5) is 0 Å². The Balaban J connectivity index is 1.91. The molecular formula is C16H9ClN4O3. The average molecular weight is 341 g/mol. The summed E-state index contributed by atoms with van der Waals surface area (Å²) in [7, 11) is 0. The Morgan fingerprint density at radius 1 is 1.21 bits per heavy atom. The monoisotopic (exact) mass is 340 g/mol. The van der Waals surface area contributed by atoms with E-state index in [-0.39, 0.29) is 23.0 Å². The minimum Gasteiger partial charge on any atom is -0.506 e. The van der Waals surface area contributed by atoms with E-state index in [1.807, 2.05) is 0 Å². The highest BCUT2D eigenvalue weighted by Gasteiger charge is 2.20. The lowest BCUT2D eigenvalue weighted by Crippen LogP contribution is -2.09. The number of aromatic hydroxyl groups is 1. The standard InChI is InChI=1S/C16H9ClN4O3/c17-8-4-5-10-9(7-8)13(22)12(15(23)19-10)16-20-14(21-24-16)11-3-1-2-6-18-11/h1-7H,(H2,19,22,23). The van der Waals surface area contributed by atoms with E-state index in [9.17, 15) is 9.90 Å². The van der Waals surface area contributed by atoms with Gasteiger partial charge in [-0.3, -0.25) is 9.78 Å².